The molecule has 0 spiro atoms. The van der Waals surface area contributed by atoms with E-state index in [1.165, 1.54) is 6.07 Å². The number of aromatic nitrogens is 2. The van der Waals surface area contributed by atoms with Gasteiger partial charge in [-0.15, -0.1) is 0 Å². The Morgan fingerprint density at radius 3 is 2.80 bits per heavy atom. The molecule has 6 nitrogen and oxygen atoms in total. The van der Waals surface area contributed by atoms with E-state index in [0.717, 1.165) is 29.4 Å². The fourth-order valence-electron chi connectivity index (χ4n) is 4.26. The third kappa shape index (κ3) is 3.95. The molecule has 3 heterocycles. The van der Waals surface area contributed by atoms with E-state index >= 15 is 0 Å². The number of ether oxygens (including phenoxy) is 1. The second-order valence-electron chi connectivity index (χ2n) is 7.72. The van der Waals surface area contributed by atoms with Crippen LogP contribution >= 0.6 is 0 Å². The van der Waals surface area contributed by atoms with Crippen molar-refractivity contribution in [3.05, 3.63) is 65.2 Å². The summed E-state index contributed by atoms with van der Waals surface area (Å²) in [7, 11) is 1.64. The summed E-state index contributed by atoms with van der Waals surface area (Å²) < 4.78 is 21.5. The van der Waals surface area contributed by atoms with Crippen LogP contribution in [-0.2, 0) is 17.8 Å². The third-order valence-electron chi connectivity index (χ3n) is 5.91. The lowest BCUT2D eigenvalue weighted by Crippen LogP contribution is -2.39. The molecule has 30 heavy (non-hydrogen) atoms. The van der Waals surface area contributed by atoms with Crippen molar-refractivity contribution in [1.82, 2.24) is 14.5 Å². The molecular weight excluding hydrogens is 383 g/mol. The van der Waals surface area contributed by atoms with E-state index in [0.29, 0.717) is 44.0 Å². The molecule has 2 aromatic heterocycles. The van der Waals surface area contributed by atoms with Crippen LogP contribution in [0, 0.1) is 5.82 Å². The number of halogens is 1. The number of pyridine rings is 1. The lowest BCUT2D eigenvalue weighted by Gasteiger charge is -2.32. The van der Waals surface area contributed by atoms with Gasteiger partial charge in [0.25, 0.3) is 5.91 Å². The second-order valence-corrected chi connectivity index (χ2v) is 7.72. The van der Waals surface area contributed by atoms with Gasteiger partial charge < -0.3 is 19.9 Å². The minimum atomic E-state index is -0.192. The molecule has 0 radical (unpaired) electrons. The maximum absolute atomic E-state index is 14.4. The highest BCUT2D eigenvalue weighted by molar-refractivity contribution is 5.98. The summed E-state index contributed by atoms with van der Waals surface area (Å²) in [6.45, 7) is 2.64. The lowest BCUT2D eigenvalue weighted by molar-refractivity contribution is 0.0699. The lowest BCUT2D eigenvalue weighted by atomic mass is 9.88. The van der Waals surface area contributed by atoms with Crippen LogP contribution in [-0.4, -0.2) is 47.2 Å². The van der Waals surface area contributed by atoms with Gasteiger partial charge in [-0.05, 0) is 54.2 Å². The van der Waals surface area contributed by atoms with Gasteiger partial charge in [0.15, 0.2) is 0 Å². The largest absolute Gasteiger partial charge is 0.383 e. The number of hydrogen-bond donors (Lipinski definition) is 1. The van der Waals surface area contributed by atoms with E-state index in [-0.39, 0.29) is 17.6 Å². The molecule has 0 bridgehead atoms. The first-order valence-corrected chi connectivity index (χ1v) is 10.3. The Bertz CT molecular complexity index is 1040. The maximum Gasteiger partial charge on any atom is 0.270 e. The second kappa shape index (κ2) is 8.93. The molecule has 2 N–H and O–H groups in total. The Balaban J connectivity index is 1.52. The monoisotopic (exact) mass is 410 g/mol. The topological polar surface area (TPSA) is 73.4 Å². The van der Waals surface area contributed by atoms with Crippen LogP contribution in [0.1, 0.15) is 40.4 Å². The van der Waals surface area contributed by atoms with Gasteiger partial charge >= 0.3 is 0 Å². The van der Waals surface area contributed by atoms with Gasteiger partial charge in [0, 0.05) is 44.9 Å². The van der Waals surface area contributed by atoms with E-state index in [1.807, 2.05) is 33.7 Å². The van der Waals surface area contributed by atoms with Crippen molar-refractivity contribution in [2.45, 2.75) is 31.8 Å². The summed E-state index contributed by atoms with van der Waals surface area (Å²) in [6, 6.07) is 10.8. The zero-order valence-corrected chi connectivity index (χ0v) is 17.2. The summed E-state index contributed by atoms with van der Waals surface area (Å²) in [5.41, 5.74) is 8.76. The minimum absolute atomic E-state index is 0.0151. The van der Waals surface area contributed by atoms with E-state index in [1.54, 1.807) is 19.4 Å². The molecule has 158 valence electrons. The predicted molar refractivity (Wildman–Crippen MR) is 114 cm³/mol. The standard InChI is InChI=1S/C23H27FN4O2/c1-30-12-11-28-21(14-18-3-2-8-26-22(18)28)23(29)27-9-6-17(7-10-27)19-13-16(15-25)4-5-20(19)24/h2-5,8,13-14,17H,6-7,9-12,15,25H2,1H3. The molecule has 0 saturated carbocycles. The van der Waals surface area contributed by atoms with Crippen molar-refractivity contribution in [3.63, 3.8) is 0 Å². The molecule has 1 aliphatic heterocycles. The van der Waals surface area contributed by atoms with Gasteiger partial charge in [-0.2, -0.15) is 0 Å². The number of amides is 1. The molecule has 0 aliphatic carbocycles. The van der Waals surface area contributed by atoms with Crippen LogP contribution in [0.25, 0.3) is 11.0 Å². The van der Waals surface area contributed by atoms with Crippen molar-refractivity contribution in [3.8, 4) is 0 Å². The van der Waals surface area contributed by atoms with Crippen molar-refractivity contribution < 1.29 is 13.9 Å². The molecule has 7 heteroatoms. The van der Waals surface area contributed by atoms with Crippen molar-refractivity contribution in [2.75, 3.05) is 26.8 Å². The highest BCUT2D eigenvalue weighted by Gasteiger charge is 2.28. The Morgan fingerprint density at radius 2 is 2.07 bits per heavy atom. The molecule has 1 saturated heterocycles. The zero-order chi connectivity index (χ0) is 21.1. The number of hydrogen-bond acceptors (Lipinski definition) is 4. The quantitative estimate of drug-likeness (QED) is 0.677. The van der Waals surface area contributed by atoms with Gasteiger partial charge in [0.05, 0.1) is 6.61 Å². The first kappa shape index (κ1) is 20.5. The Morgan fingerprint density at radius 1 is 1.27 bits per heavy atom. The van der Waals surface area contributed by atoms with Crippen molar-refractivity contribution in [2.24, 2.45) is 5.73 Å². The third-order valence-corrected chi connectivity index (χ3v) is 5.91. The van der Waals surface area contributed by atoms with E-state index in [4.69, 9.17) is 10.5 Å². The molecule has 3 aromatic rings. The number of piperidine rings is 1. The summed E-state index contributed by atoms with van der Waals surface area (Å²) in [6.07, 6.45) is 3.19. The molecule has 4 rings (SSSR count). The van der Waals surface area contributed by atoms with Crippen LogP contribution in [0.15, 0.2) is 42.6 Å². The van der Waals surface area contributed by atoms with Gasteiger partial charge in [0.1, 0.15) is 17.2 Å². The average Bonchev–Trinajstić information content (AvgIpc) is 3.16. The SMILES string of the molecule is COCCn1c(C(=O)N2CCC(c3cc(CN)ccc3F)CC2)cc2cccnc21. The van der Waals surface area contributed by atoms with Gasteiger partial charge in [-0.1, -0.05) is 12.1 Å². The van der Waals surface area contributed by atoms with Crippen molar-refractivity contribution in [1.29, 1.82) is 0 Å². The van der Waals surface area contributed by atoms with Gasteiger partial charge in [0.2, 0.25) is 0 Å². The fourth-order valence-corrected chi connectivity index (χ4v) is 4.26. The summed E-state index contributed by atoms with van der Waals surface area (Å²) in [5, 5.41) is 0.938. The van der Waals surface area contributed by atoms with Gasteiger partial charge in [-0.25, -0.2) is 9.37 Å². The normalized spacial score (nSPS) is 15.1. The van der Waals surface area contributed by atoms with Crippen LogP contribution in [0.2, 0.25) is 0 Å². The van der Waals surface area contributed by atoms with Crippen LogP contribution in [0.5, 0.6) is 0 Å². The first-order valence-electron chi connectivity index (χ1n) is 10.3. The number of carbonyl (C=O) groups is 1. The molecule has 1 amide bonds. The number of benzene rings is 1. The van der Waals surface area contributed by atoms with Crippen molar-refractivity contribution >= 4 is 16.9 Å². The number of rotatable bonds is 6. The highest BCUT2D eigenvalue weighted by Crippen LogP contribution is 2.31. The maximum atomic E-state index is 14.4. The number of fused-ring (bicyclic) bond motifs is 1. The van der Waals surface area contributed by atoms with E-state index in [2.05, 4.69) is 4.98 Å². The summed E-state index contributed by atoms with van der Waals surface area (Å²) >= 11 is 0. The minimum Gasteiger partial charge on any atom is -0.383 e. The number of carbonyl (C=O) groups excluding carboxylic acids is 1. The van der Waals surface area contributed by atoms with E-state index in [9.17, 15) is 9.18 Å². The van der Waals surface area contributed by atoms with Gasteiger partial charge in [-0.3, -0.25) is 4.79 Å². The Kier molecular flexibility index (Phi) is 6.11. The van der Waals surface area contributed by atoms with Crippen LogP contribution in [0.3, 0.4) is 0 Å². The molecule has 1 aromatic carbocycles. The summed E-state index contributed by atoms with van der Waals surface area (Å²) in [4.78, 5) is 19.6. The average molecular weight is 410 g/mol. The zero-order valence-electron chi connectivity index (χ0n) is 17.2. The smallest absolute Gasteiger partial charge is 0.270 e. The fraction of sp³-hybridized carbons (Fsp3) is 0.391. The molecular formula is C23H27FN4O2. The predicted octanol–water partition coefficient (Wildman–Crippen LogP) is 3.30. The summed E-state index contributed by atoms with van der Waals surface area (Å²) in [5.74, 6) is -0.108. The molecule has 1 aliphatic rings. The van der Waals surface area contributed by atoms with Crippen LogP contribution < -0.4 is 5.73 Å². The molecule has 1 fully saturated rings. The van der Waals surface area contributed by atoms with Crippen LogP contribution in [0.4, 0.5) is 4.39 Å². The van der Waals surface area contributed by atoms with E-state index < -0.39 is 0 Å². The number of methoxy groups -OCH3 is 1. The molecule has 0 unspecified atom stereocenters. The molecule has 0 atom stereocenters. The first-order chi connectivity index (χ1) is 14.6. The number of nitrogens with zero attached hydrogens (tertiary/aromatic N) is 3. The number of nitrogens with two attached hydrogens (primary N) is 1. The Hall–Kier alpha value is -2.77. The number of likely N-dealkylation sites (tertiary alicyclic amines) is 1. The highest BCUT2D eigenvalue weighted by atomic mass is 19.1. The Labute approximate surface area is 175 Å².